The number of rotatable bonds is 4. The highest BCUT2D eigenvalue weighted by Gasteiger charge is 2.49. The molecule has 2 N–H and O–H groups in total. The molecule has 0 bridgehead atoms. The van der Waals surface area contributed by atoms with Crippen LogP contribution in [-0.2, 0) is 4.79 Å². The van der Waals surface area contributed by atoms with Crippen molar-refractivity contribution in [3.63, 3.8) is 0 Å². The molecule has 0 saturated carbocycles. The molecular formula is C7H8F4N4O. The minimum absolute atomic E-state index is 0.0958. The first-order valence-corrected chi connectivity index (χ1v) is 4.18. The second-order valence-corrected chi connectivity index (χ2v) is 2.99. The topological polar surface area (TPSA) is 70.7 Å². The molecule has 0 radical (unpaired) electrons. The van der Waals surface area contributed by atoms with Gasteiger partial charge in [-0.25, -0.2) is 13.8 Å². The van der Waals surface area contributed by atoms with E-state index in [0.717, 1.165) is 6.33 Å². The van der Waals surface area contributed by atoms with E-state index in [2.05, 4.69) is 15.2 Å². The minimum atomic E-state index is -4.71. The van der Waals surface area contributed by atoms with Gasteiger partial charge < -0.3 is 5.32 Å². The smallest absolute Gasteiger partial charge is 0.341 e. The average molecular weight is 240 g/mol. The number of nitrogens with zero attached hydrogens (tertiary/aromatic N) is 2. The highest BCUT2D eigenvalue weighted by Crippen LogP contribution is 2.23. The average Bonchev–Trinajstić information content (AvgIpc) is 2.69. The summed E-state index contributed by atoms with van der Waals surface area (Å²) in [6.07, 6.45) is -2.95. The lowest BCUT2D eigenvalue weighted by Crippen LogP contribution is -2.46. The predicted molar refractivity (Wildman–Crippen MR) is 43.9 cm³/mol. The highest BCUT2D eigenvalue weighted by molar-refractivity contribution is 5.84. The third-order valence-electron chi connectivity index (χ3n) is 1.77. The summed E-state index contributed by atoms with van der Waals surface area (Å²) in [5.41, 5.74) is 0. The van der Waals surface area contributed by atoms with Crippen LogP contribution < -0.4 is 5.32 Å². The van der Waals surface area contributed by atoms with Gasteiger partial charge in [-0.2, -0.15) is 13.9 Å². The van der Waals surface area contributed by atoms with Gasteiger partial charge in [0.1, 0.15) is 12.2 Å². The Kier molecular flexibility index (Phi) is 3.45. The molecule has 90 valence electrons. The van der Waals surface area contributed by atoms with Crippen molar-refractivity contribution in [1.82, 2.24) is 20.5 Å². The van der Waals surface area contributed by atoms with Crippen molar-refractivity contribution < 1.29 is 22.4 Å². The Morgan fingerprint density at radius 2 is 2.19 bits per heavy atom. The second kappa shape index (κ2) is 4.45. The minimum Gasteiger partial charge on any atom is -0.341 e. The molecule has 0 fully saturated rings. The van der Waals surface area contributed by atoms with Crippen LogP contribution in [0.25, 0.3) is 0 Å². The van der Waals surface area contributed by atoms with E-state index in [0.29, 0.717) is 0 Å². The number of hydrogen-bond donors (Lipinski definition) is 2. The second-order valence-electron chi connectivity index (χ2n) is 2.99. The fourth-order valence-corrected chi connectivity index (χ4v) is 0.884. The summed E-state index contributed by atoms with van der Waals surface area (Å²) in [4.78, 5) is 14.4. The Balaban J connectivity index is 2.65. The predicted octanol–water partition coefficient (Wildman–Crippen LogP) is 0.882. The van der Waals surface area contributed by atoms with Crippen LogP contribution in [0, 0.1) is 0 Å². The lowest BCUT2D eigenvalue weighted by Gasteiger charge is -2.17. The number of halogens is 4. The zero-order chi connectivity index (χ0) is 12.3. The van der Waals surface area contributed by atoms with E-state index in [1.165, 1.54) is 6.92 Å². The third-order valence-corrected chi connectivity index (χ3v) is 1.77. The van der Waals surface area contributed by atoms with E-state index >= 15 is 0 Å². The maximum Gasteiger partial charge on any atom is 0.383 e. The van der Waals surface area contributed by atoms with Crippen molar-refractivity contribution in [3.8, 4) is 0 Å². The van der Waals surface area contributed by atoms with Crippen molar-refractivity contribution in [3.05, 3.63) is 12.2 Å². The number of amides is 1. The number of carbonyl (C=O) groups is 1. The van der Waals surface area contributed by atoms with E-state index in [1.54, 1.807) is 5.32 Å². The maximum absolute atomic E-state index is 12.5. The number of carbonyl (C=O) groups excluding carboxylic acids is 1. The molecule has 1 amide bonds. The van der Waals surface area contributed by atoms with Crippen LogP contribution in [0.5, 0.6) is 0 Å². The molecule has 1 aromatic rings. The molecule has 0 aliphatic rings. The number of alkyl halides is 4. The van der Waals surface area contributed by atoms with Crippen LogP contribution in [0.2, 0.25) is 0 Å². The van der Waals surface area contributed by atoms with Crippen LogP contribution in [0.1, 0.15) is 18.8 Å². The van der Waals surface area contributed by atoms with Gasteiger partial charge in [-0.1, -0.05) is 0 Å². The van der Waals surface area contributed by atoms with Crippen LogP contribution in [0.3, 0.4) is 0 Å². The van der Waals surface area contributed by atoms with Crippen LogP contribution in [0.4, 0.5) is 17.6 Å². The summed E-state index contributed by atoms with van der Waals surface area (Å²) in [5, 5.41) is 7.44. The third kappa shape index (κ3) is 2.47. The number of aromatic amines is 1. The largest absolute Gasteiger partial charge is 0.383 e. The molecule has 0 aliphatic carbocycles. The Labute approximate surface area is 87.2 Å². The van der Waals surface area contributed by atoms with Crippen molar-refractivity contribution in [1.29, 1.82) is 0 Å². The molecule has 9 heteroatoms. The van der Waals surface area contributed by atoms with E-state index in [1.807, 2.05) is 0 Å². The van der Waals surface area contributed by atoms with E-state index < -0.39 is 24.3 Å². The molecule has 5 nitrogen and oxygen atoms in total. The van der Waals surface area contributed by atoms with Crippen LogP contribution >= 0.6 is 0 Å². The van der Waals surface area contributed by atoms with Gasteiger partial charge in [0.15, 0.2) is 0 Å². The standard InChI is InChI=1S/C7H8F4N4O/c1-3(4-12-2-13-15-4)14-6(16)7(10,11)5(8)9/h2-3,5H,1H3,(H,14,16)(H,12,13,15). The Morgan fingerprint density at radius 3 is 2.62 bits per heavy atom. The van der Waals surface area contributed by atoms with Crippen LogP contribution in [0.15, 0.2) is 6.33 Å². The first-order chi connectivity index (χ1) is 7.35. The summed E-state index contributed by atoms with van der Waals surface area (Å²) < 4.78 is 48.7. The highest BCUT2D eigenvalue weighted by atomic mass is 19.3. The first-order valence-electron chi connectivity index (χ1n) is 4.18. The van der Waals surface area contributed by atoms with E-state index in [9.17, 15) is 22.4 Å². The molecule has 1 atom stereocenters. The number of nitrogens with one attached hydrogen (secondary N) is 2. The zero-order valence-corrected chi connectivity index (χ0v) is 8.05. The van der Waals surface area contributed by atoms with Gasteiger partial charge >= 0.3 is 12.3 Å². The molecule has 0 aromatic carbocycles. The summed E-state index contributed by atoms with van der Waals surface area (Å²) in [6, 6.07) is -0.959. The molecule has 0 aliphatic heterocycles. The monoisotopic (exact) mass is 240 g/mol. The Hall–Kier alpha value is -1.67. The fourth-order valence-electron chi connectivity index (χ4n) is 0.884. The molecule has 1 aromatic heterocycles. The summed E-state index contributed by atoms with van der Waals surface area (Å²) in [5.74, 6) is -6.67. The number of hydrogen-bond acceptors (Lipinski definition) is 3. The van der Waals surface area contributed by atoms with Crippen LogP contribution in [-0.4, -0.2) is 33.4 Å². The Morgan fingerprint density at radius 1 is 1.56 bits per heavy atom. The summed E-state index contributed by atoms with van der Waals surface area (Å²) in [6.45, 7) is 1.31. The lowest BCUT2D eigenvalue weighted by atomic mass is 10.2. The van der Waals surface area contributed by atoms with E-state index in [4.69, 9.17) is 0 Å². The summed E-state index contributed by atoms with van der Waals surface area (Å²) >= 11 is 0. The van der Waals surface area contributed by atoms with E-state index in [-0.39, 0.29) is 5.82 Å². The Bertz CT molecular complexity index is 353. The molecule has 1 rings (SSSR count). The molecule has 0 saturated heterocycles. The van der Waals surface area contributed by atoms with Gasteiger partial charge in [-0.3, -0.25) is 9.89 Å². The molecule has 16 heavy (non-hydrogen) atoms. The van der Waals surface area contributed by atoms with Crippen molar-refractivity contribution in [2.24, 2.45) is 0 Å². The van der Waals surface area contributed by atoms with Crippen molar-refractivity contribution in [2.45, 2.75) is 25.3 Å². The lowest BCUT2D eigenvalue weighted by molar-refractivity contribution is -0.170. The molecular weight excluding hydrogens is 232 g/mol. The summed E-state index contributed by atoms with van der Waals surface area (Å²) in [7, 11) is 0. The van der Waals surface area contributed by atoms with Gasteiger partial charge in [0, 0.05) is 0 Å². The normalized spacial score (nSPS) is 13.9. The number of aromatic nitrogens is 3. The fraction of sp³-hybridized carbons (Fsp3) is 0.571. The van der Waals surface area contributed by atoms with Crippen molar-refractivity contribution >= 4 is 5.91 Å². The molecule has 0 spiro atoms. The SMILES string of the molecule is CC(NC(=O)C(F)(F)C(F)F)c1ncn[nH]1. The molecule has 1 unspecified atom stereocenters. The van der Waals surface area contributed by atoms with Gasteiger partial charge in [0.25, 0.3) is 5.91 Å². The van der Waals surface area contributed by atoms with Gasteiger partial charge in [-0.05, 0) is 6.92 Å². The molecule has 1 heterocycles. The van der Waals surface area contributed by atoms with Gasteiger partial charge in [0.2, 0.25) is 0 Å². The number of H-pyrrole nitrogens is 1. The van der Waals surface area contributed by atoms with Gasteiger partial charge in [0.05, 0.1) is 6.04 Å². The maximum atomic E-state index is 12.5. The first kappa shape index (κ1) is 12.4. The van der Waals surface area contributed by atoms with Crippen molar-refractivity contribution in [2.75, 3.05) is 0 Å². The zero-order valence-electron chi connectivity index (χ0n) is 8.05. The van der Waals surface area contributed by atoms with Gasteiger partial charge in [-0.15, -0.1) is 0 Å². The quantitative estimate of drug-likeness (QED) is 0.767.